The van der Waals surface area contributed by atoms with E-state index in [9.17, 15) is 14.4 Å². The molecule has 1 aliphatic carbocycles. The van der Waals surface area contributed by atoms with E-state index < -0.39 is 59.9 Å². The van der Waals surface area contributed by atoms with Crippen LogP contribution in [0.3, 0.4) is 0 Å². The molecule has 0 bridgehead atoms. The molecule has 4 rings (SSSR count). The molecule has 0 radical (unpaired) electrons. The Morgan fingerprint density at radius 2 is 1.89 bits per heavy atom. The number of nitrogens with zero attached hydrogens (tertiary/aromatic N) is 3. The lowest BCUT2D eigenvalue weighted by Gasteiger charge is -2.27. The van der Waals surface area contributed by atoms with Crippen LogP contribution in [-0.2, 0) is 28.5 Å². The maximum atomic E-state index is 12.9. The number of amides is 2. The molecule has 1 spiro atoms. The lowest BCUT2D eigenvalue weighted by Crippen LogP contribution is -2.48. The number of hydrogen-bond donors (Lipinski definition) is 2. The van der Waals surface area contributed by atoms with Crippen LogP contribution in [0.4, 0.5) is 4.79 Å². The second-order valence-electron chi connectivity index (χ2n) is 10.8. The molecule has 200 valence electrons. The van der Waals surface area contributed by atoms with E-state index in [1.807, 2.05) is 0 Å². The van der Waals surface area contributed by atoms with Gasteiger partial charge in [-0.25, -0.2) is 19.3 Å². The standard InChI is InChI=1S/C23H35N5O8/c1-12(2)14(26-21(31)36-22(3,4)5)20(30)32-10-13-15-16(35-23(34-15)8-6-7-9-23)19(33-13)28-11-25-18(27-28)17(24)29/h11-16,19H,6-10H2,1-5H3,(H2,24,29)(H,26,31)/t13-,14+,15+,16+,19+/m1/s1. The van der Waals surface area contributed by atoms with E-state index in [0.29, 0.717) is 0 Å². The minimum atomic E-state index is -0.914. The van der Waals surface area contributed by atoms with Crippen molar-refractivity contribution in [2.24, 2.45) is 11.7 Å². The van der Waals surface area contributed by atoms with Crippen molar-refractivity contribution in [2.45, 2.75) is 102 Å². The van der Waals surface area contributed by atoms with Crippen molar-refractivity contribution in [1.29, 1.82) is 0 Å². The Morgan fingerprint density at radius 1 is 1.22 bits per heavy atom. The van der Waals surface area contributed by atoms with Gasteiger partial charge < -0.3 is 34.7 Å². The van der Waals surface area contributed by atoms with E-state index in [1.165, 1.54) is 11.0 Å². The van der Waals surface area contributed by atoms with Gasteiger partial charge in [0.1, 0.15) is 42.9 Å². The van der Waals surface area contributed by atoms with Gasteiger partial charge in [0.25, 0.3) is 5.91 Å². The van der Waals surface area contributed by atoms with Crippen molar-refractivity contribution in [1.82, 2.24) is 20.1 Å². The number of nitrogens with one attached hydrogen (secondary N) is 1. The van der Waals surface area contributed by atoms with Crippen molar-refractivity contribution in [3.63, 3.8) is 0 Å². The summed E-state index contributed by atoms with van der Waals surface area (Å²) >= 11 is 0. The minimum absolute atomic E-state index is 0.132. The molecule has 13 heteroatoms. The summed E-state index contributed by atoms with van der Waals surface area (Å²) in [7, 11) is 0. The monoisotopic (exact) mass is 509 g/mol. The molecule has 5 atom stereocenters. The Bertz CT molecular complexity index is 983. The molecule has 1 aromatic heterocycles. The molecule has 3 heterocycles. The highest BCUT2D eigenvalue weighted by Crippen LogP contribution is 2.49. The average Bonchev–Trinajstić information content (AvgIpc) is 3.54. The predicted octanol–water partition coefficient (Wildman–Crippen LogP) is 1.42. The number of esters is 1. The van der Waals surface area contributed by atoms with Crippen molar-refractivity contribution < 1.29 is 38.1 Å². The molecule has 13 nitrogen and oxygen atoms in total. The Balaban J connectivity index is 1.45. The smallest absolute Gasteiger partial charge is 0.408 e. The Morgan fingerprint density at radius 3 is 2.47 bits per heavy atom. The number of nitrogens with two attached hydrogens (primary N) is 1. The molecule has 0 aromatic carbocycles. The zero-order chi connectivity index (χ0) is 26.3. The van der Waals surface area contributed by atoms with Crippen LogP contribution >= 0.6 is 0 Å². The van der Waals surface area contributed by atoms with E-state index in [-0.39, 0.29) is 18.3 Å². The molecule has 1 saturated carbocycles. The van der Waals surface area contributed by atoms with Gasteiger partial charge in [-0.1, -0.05) is 13.8 Å². The molecule has 36 heavy (non-hydrogen) atoms. The van der Waals surface area contributed by atoms with Crippen LogP contribution < -0.4 is 11.1 Å². The number of hydrogen-bond acceptors (Lipinski definition) is 10. The number of alkyl carbamates (subject to hydrolysis) is 1. The van der Waals surface area contributed by atoms with E-state index in [2.05, 4.69) is 15.4 Å². The summed E-state index contributed by atoms with van der Waals surface area (Å²) in [6.07, 6.45) is 1.60. The number of ether oxygens (including phenoxy) is 5. The largest absolute Gasteiger partial charge is 0.461 e. The van der Waals surface area contributed by atoms with Gasteiger partial charge in [-0.3, -0.25) is 4.79 Å². The molecule has 1 aromatic rings. The van der Waals surface area contributed by atoms with Crippen molar-refractivity contribution >= 4 is 18.0 Å². The highest BCUT2D eigenvalue weighted by molar-refractivity contribution is 5.88. The zero-order valence-corrected chi connectivity index (χ0v) is 21.3. The quantitative estimate of drug-likeness (QED) is 0.513. The topological polar surface area (TPSA) is 166 Å². The maximum absolute atomic E-state index is 12.9. The van der Waals surface area contributed by atoms with Crippen LogP contribution in [0.15, 0.2) is 6.33 Å². The molecule has 3 N–H and O–H groups in total. The van der Waals surface area contributed by atoms with Crippen LogP contribution in [0.1, 0.15) is 77.1 Å². The first-order chi connectivity index (χ1) is 16.9. The summed E-state index contributed by atoms with van der Waals surface area (Å²) < 4.78 is 31.0. The van der Waals surface area contributed by atoms with Crippen LogP contribution in [0.2, 0.25) is 0 Å². The van der Waals surface area contributed by atoms with E-state index in [1.54, 1.807) is 34.6 Å². The lowest BCUT2D eigenvalue weighted by atomic mass is 10.1. The molecule has 3 aliphatic rings. The summed E-state index contributed by atoms with van der Waals surface area (Å²) in [6, 6.07) is -0.914. The number of rotatable bonds is 7. The van der Waals surface area contributed by atoms with Gasteiger partial charge in [-0.05, 0) is 39.5 Å². The van der Waals surface area contributed by atoms with Gasteiger partial charge in [0.2, 0.25) is 5.82 Å². The number of aromatic nitrogens is 3. The average molecular weight is 510 g/mol. The first-order valence-corrected chi connectivity index (χ1v) is 12.3. The minimum Gasteiger partial charge on any atom is -0.461 e. The third-order valence-corrected chi connectivity index (χ3v) is 6.32. The Labute approximate surface area is 209 Å². The fraction of sp³-hybridized carbons (Fsp3) is 0.783. The Hall–Kier alpha value is -2.77. The van der Waals surface area contributed by atoms with Crippen LogP contribution in [0, 0.1) is 5.92 Å². The van der Waals surface area contributed by atoms with Crippen LogP contribution in [0.25, 0.3) is 0 Å². The van der Waals surface area contributed by atoms with Crippen LogP contribution in [-0.4, -0.2) is 75.1 Å². The SMILES string of the molecule is CC(C)[C@H](NC(=O)OC(C)(C)C)C(=O)OC[C@H]1O[C@H](n2cnc(C(N)=O)n2)[C@H]2OC3(CCCC3)O[C@H]21. The second kappa shape index (κ2) is 9.94. The normalized spacial score (nSPS) is 27.7. The molecular weight excluding hydrogens is 474 g/mol. The molecule has 2 amide bonds. The molecular formula is C23H35N5O8. The summed E-state index contributed by atoms with van der Waals surface area (Å²) in [5, 5.41) is 6.69. The van der Waals surface area contributed by atoms with Gasteiger partial charge in [0.15, 0.2) is 12.0 Å². The second-order valence-corrected chi connectivity index (χ2v) is 10.8. The Kier molecular flexibility index (Phi) is 7.26. The van der Waals surface area contributed by atoms with Crippen LogP contribution in [0.5, 0.6) is 0 Å². The fourth-order valence-electron chi connectivity index (χ4n) is 4.69. The summed E-state index contributed by atoms with van der Waals surface area (Å²) in [5.74, 6) is -2.49. The summed E-state index contributed by atoms with van der Waals surface area (Å²) in [4.78, 5) is 40.5. The molecule has 2 saturated heterocycles. The van der Waals surface area contributed by atoms with E-state index >= 15 is 0 Å². The van der Waals surface area contributed by atoms with Crippen molar-refractivity contribution in [2.75, 3.05) is 6.61 Å². The van der Waals surface area contributed by atoms with Crippen molar-refractivity contribution in [3.8, 4) is 0 Å². The number of carbonyl (C=O) groups is 3. The van der Waals surface area contributed by atoms with Gasteiger partial charge in [-0.2, -0.15) is 0 Å². The predicted molar refractivity (Wildman–Crippen MR) is 122 cm³/mol. The van der Waals surface area contributed by atoms with Gasteiger partial charge in [-0.15, -0.1) is 5.10 Å². The zero-order valence-electron chi connectivity index (χ0n) is 21.3. The van der Waals surface area contributed by atoms with Crippen molar-refractivity contribution in [3.05, 3.63) is 12.2 Å². The van der Waals surface area contributed by atoms with Gasteiger partial charge >= 0.3 is 12.1 Å². The fourth-order valence-corrected chi connectivity index (χ4v) is 4.69. The summed E-state index contributed by atoms with van der Waals surface area (Å²) in [6.45, 7) is 8.67. The summed E-state index contributed by atoms with van der Waals surface area (Å²) in [5.41, 5.74) is 4.58. The maximum Gasteiger partial charge on any atom is 0.408 e. The van der Waals surface area contributed by atoms with E-state index in [0.717, 1.165) is 25.7 Å². The highest BCUT2D eigenvalue weighted by atomic mass is 16.8. The third kappa shape index (κ3) is 5.62. The van der Waals surface area contributed by atoms with E-state index in [4.69, 9.17) is 29.4 Å². The first-order valence-electron chi connectivity index (χ1n) is 12.3. The molecule has 3 fully saturated rings. The molecule has 2 aliphatic heterocycles. The third-order valence-electron chi connectivity index (χ3n) is 6.32. The molecule has 0 unspecified atom stereocenters. The first kappa shape index (κ1) is 26.3. The van der Waals surface area contributed by atoms with Gasteiger partial charge in [0, 0.05) is 12.8 Å². The number of primary amides is 1. The lowest BCUT2D eigenvalue weighted by molar-refractivity contribution is -0.218. The number of fused-ring (bicyclic) bond motifs is 1. The highest BCUT2D eigenvalue weighted by Gasteiger charge is 2.60. The number of carbonyl (C=O) groups excluding carboxylic acids is 3. The van der Waals surface area contributed by atoms with Gasteiger partial charge in [0.05, 0.1) is 0 Å².